The lowest BCUT2D eigenvalue weighted by molar-refractivity contribution is -0.384. The first-order chi connectivity index (χ1) is 11.5. The summed E-state index contributed by atoms with van der Waals surface area (Å²) in [6.07, 6.45) is 0. The number of hydrogen-bond donors (Lipinski definition) is 1. The number of nitrogens with one attached hydrogen (secondary N) is 1. The van der Waals surface area contributed by atoms with Crippen LogP contribution in [0.1, 0.15) is 31.0 Å². The Morgan fingerprint density at radius 1 is 1.29 bits per heavy atom. The van der Waals surface area contributed by atoms with Crippen LogP contribution in [0.3, 0.4) is 0 Å². The van der Waals surface area contributed by atoms with Crippen molar-refractivity contribution in [1.29, 1.82) is 0 Å². The second-order valence-electron chi connectivity index (χ2n) is 5.57. The van der Waals surface area contributed by atoms with Gasteiger partial charge in [-0.1, -0.05) is 37.7 Å². The minimum Gasteiger partial charge on any atom is -0.291 e. The molecule has 24 heavy (non-hydrogen) atoms. The van der Waals surface area contributed by atoms with Crippen molar-refractivity contribution in [2.24, 2.45) is 0 Å². The zero-order valence-electron chi connectivity index (χ0n) is 13.1. The summed E-state index contributed by atoms with van der Waals surface area (Å²) in [6, 6.07) is 7.96. The lowest BCUT2D eigenvalue weighted by atomic mass is 10.1. The van der Waals surface area contributed by atoms with Gasteiger partial charge in [0.1, 0.15) is 0 Å². The molecule has 0 saturated heterocycles. The van der Waals surface area contributed by atoms with E-state index in [0.717, 1.165) is 11.3 Å². The second kappa shape index (κ2) is 6.44. The number of fused-ring (bicyclic) bond motifs is 1. The average Bonchev–Trinajstić information content (AvgIpc) is 2.95. The molecule has 1 aromatic carbocycles. The number of nitrogens with zero attached hydrogens (tertiary/aromatic N) is 4. The van der Waals surface area contributed by atoms with E-state index in [1.54, 1.807) is 18.2 Å². The minimum absolute atomic E-state index is 0.0661. The molecule has 2 aromatic heterocycles. The van der Waals surface area contributed by atoms with E-state index in [4.69, 9.17) is 0 Å². The molecule has 0 aliphatic rings. The Kier molecular flexibility index (Phi) is 4.34. The summed E-state index contributed by atoms with van der Waals surface area (Å²) in [4.78, 5) is 24.6. The van der Waals surface area contributed by atoms with Gasteiger partial charge in [-0.3, -0.25) is 24.3 Å². The highest BCUT2D eigenvalue weighted by molar-refractivity contribution is 7.98. The number of rotatable bonds is 5. The molecule has 3 aromatic rings. The highest BCUT2D eigenvalue weighted by Crippen LogP contribution is 2.25. The predicted molar refractivity (Wildman–Crippen MR) is 90.4 cm³/mol. The molecule has 0 saturated carbocycles. The molecule has 0 aliphatic heterocycles. The van der Waals surface area contributed by atoms with Gasteiger partial charge in [-0.05, 0) is 11.5 Å². The molecule has 0 atom stereocenters. The third kappa shape index (κ3) is 3.16. The summed E-state index contributed by atoms with van der Waals surface area (Å²) >= 11 is 1.46. The van der Waals surface area contributed by atoms with Gasteiger partial charge in [-0.2, -0.15) is 0 Å². The van der Waals surface area contributed by atoms with Crippen LogP contribution in [0, 0.1) is 10.1 Å². The fourth-order valence-corrected chi connectivity index (χ4v) is 3.22. The molecule has 0 bridgehead atoms. The van der Waals surface area contributed by atoms with Crippen molar-refractivity contribution < 1.29 is 4.92 Å². The van der Waals surface area contributed by atoms with Crippen molar-refractivity contribution in [3.05, 3.63) is 62.1 Å². The van der Waals surface area contributed by atoms with Crippen molar-refractivity contribution in [3.63, 3.8) is 0 Å². The minimum atomic E-state index is -0.422. The second-order valence-corrected chi connectivity index (χ2v) is 6.51. The number of hydrogen-bond acceptors (Lipinski definition) is 6. The van der Waals surface area contributed by atoms with Crippen LogP contribution in [0.25, 0.3) is 5.78 Å². The van der Waals surface area contributed by atoms with Crippen molar-refractivity contribution in [2.45, 2.75) is 30.7 Å². The standard InChI is InChI=1S/C15H15N5O3S/c1-9(2)12-7-13(21)16-14-17-18-15(19(12)14)24-8-10-3-5-11(6-4-10)20(22)23/h3-7,9H,8H2,1-2H3,(H,16,17,21). The van der Waals surface area contributed by atoms with Crippen LogP contribution in [0.4, 0.5) is 5.69 Å². The maximum absolute atomic E-state index is 11.7. The Labute approximate surface area is 141 Å². The largest absolute Gasteiger partial charge is 0.291 e. The fraction of sp³-hybridized carbons (Fsp3) is 0.267. The van der Waals surface area contributed by atoms with E-state index in [0.29, 0.717) is 16.7 Å². The van der Waals surface area contributed by atoms with E-state index < -0.39 is 4.92 Å². The molecule has 0 spiro atoms. The van der Waals surface area contributed by atoms with Crippen molar-refractivity contribution in [1.82, 2.24) is 19.6 Å². The average molecular weight is 345 g/mol. The van der Waals surface area contributed by atoms with Gasteiger partial charge >= 0.3 is 0 Å². The number of thioether (sulfide) groups is 1. The van der Waals surface area contributed by atoms with Gasteiger partial charge in [0.2, 0.25) is 5.78 Å². The normalized spacial score (nSPS) is 11.3. The van der Waals surface area contributed by atoms with Crippen LogP contribution < -0.4 is 5.56 Å². The first kappa shape index (κ1) is 16.2. The molecule has 0 aliphatic carbocycles. The maximum atomic E-state index is 11.7. The molecule has 1 N–H and O–H groups in total. The Hall–Kier alpha value is -2.68. The van der Waals surface area contributed by atoms with E-state index >= 15 is 0 Å². The zero-order chi connectivity index (χ0) is 17.3. The molecule has 3 rings (SSSR count). The van der Waals surface area contributed by atoms with Crippen LogP contribution in [0.5, 0.6) is 0 Å². The van der Waals surface area contributed by atoms with Gasteiger partial charge in [0, 0.05) is 29.6 Å². The topological polar surface area (TPSA) is 106 Å². The maximum Gasteiger partial charge on any atom is 0.269 e. The first-order valence-electron chi connectivity index (χ1n) is 7.30. The molecule has 0 unspecified atom stereocenters. The number of benzene rings is 1. The summed E-state index contributed by atoms with van der Waals surface area (Å²) in [6.45, 7) is 4.00. The zero-order valence-corrected chi connectivity index (χ0v) is 13.9. The van der Waals surface area contributed by atoms with E-state index in [1.165, 1.54) is 23.9 Å². The van der Waals surface area contributed by atoms with Gasteiger partial charge in [0.05, 0.1) is 4.92 Å². The molecule has 9 heteroatoms. The SMILES string of the molecule is CC(C)c1cc(=O)[nH]c2nnc(SCc3ccc([N+](=O)[O-])cc3)n12. The van der Waals surface area contributed by atoms with Crippen LogP contribution in [0.2, 0.25) is 0 Å². The molecule has 8 nitrogen and oxygen atoms in total. The summed E-state index contributed by atoms with van der Waals surface area (Å²) in [5.41, 5.74) is 1.64. The van der Waals surface area contributed by atoms with Crippen LogP contribution >= 0.6 is 11.8 Å². The molecule has 0 radical (unpaired) electrons. The third-order valence-electron chi connectivity index (χ3n) is 3.51. The Balaban J connectivity index is 1.88. The van der Waals surface area contributed by atoms with Gasteiger partial charge in [0.15, 0.2) is 5.16 Å². The Morgan fingerprint density at radius 2 is 2.00 bits per heavy atom. The summed E-state index contributed by atoms with van der Waals surface area (Å²) in [5, 5.41) is 19.5. The van der Waals surface area contributed by atoms with E-state index in [9.17, 15) is 14.9 Å². The molecule has 124 valence electrons. The molecule has 0 amide bonds. The number of aromatic amines is 1. The number of nitro groups is 1. The number of H-pyrrole nitrogens is 1. The molecular formula is C15H15N5O3S. The van der Waals surface area contributed by atoms with Gasteiger partial charge in [-0.15, -0.1) is 10.2 Å². The van der Waals surface area contributed by atoms with Crippen molar-refractivity contribution in [2.75, 3.05) is 0 Å². The monoisotopic (exact) mass is 345 g/mol. The molecular weight excluding hydrogens is 330 g/mol. The summed E-state index contributed by atoms with van der Waals surface area (Å²) in [7, 11) is 0. The number of non-ortho nitro benzene ring substituents is 1. The number of aromatic nitrogens is 4. The Bertz CT molecular complexity index is 946. The smallest absolute Gasteiger partial charge is 0.269 e. The van der Waals surface area contributed by atoms with Crippen LogP contribution in [0.15, 0.2) is 40.3 Å². The van der Waals surface area contributed by atoms with Crippen LogP contribution in [-0.2, 0) is 5.75 Å². The summed E-state index contributed by atoms with van der Waals surface area (Å²) in [5.74, 6) is 1.15. The van der Waals surface area contributed by atoms with Crippen molar-refractivity contribution >= 4 is 23.2 Å². The van der Waals surface area contributed by atoms with E-state index in [1.807, 2.05) is 18.2 Å². The summed E-state index contributed by atoms with van der Waals surface area (Å²) < 4.78 is 1.84. The molecule has 0 fully saturated rings. The van der Waals surface area contributed by atoms with E-state index in [-0.39, 0.29) is 17.2 Å². The Morgan fingerprint density at radius 3 is 2.62 bits per heavy atom. The number of nitro benzene ring substituents is 1. The first-order valence-corrected chi connectivity index (χ1v) is 8.28. The highest BCUT2D eigenvalue weighted by Gasteiger charge is 2.14. The van der Waals surface area contributed by atoms with Crippen molar-refractivity contribution in [3.8, 4) is 0 Å². The molecule has 2 heterocycles. The quantitative estimate of drug-likeness (QED) is 0.433. The third-order valence-corrected chi connectivity index (χ3v) is 4.51. The lowest BCUT2D eigenvalue weighted by Gasteiger charge is -2.09. The van der Waals surface area contributed by atoms with Gasteiger partial charge in [0.25, 0.3) is 11.2 Å². The van der Waals surface area contributed by atoms with Gasteiger partial charge < -0.3 is 0 Å². The van der Waals surface area contributed by atoms with E-state index in [2.05, 4.69) is 15.2 Å². The van der Waals surface area contributed by atoms with Gasteiger partial charge in [-0.25, -0.2) is 0 Å². The van der Waals surface area contributed by atoms with Crippen LogP contribution in [-0.4, -0.2) is 24.5 Å². The lowest BCUT2D eigenvalue weighted by Crippen LogP contribution is -2.12. The predicted octanol–water partition coefficient (Wildman–Crippen LogP) is 2.74. The highest BCUT2D eigenvalue weighted by atomic mass is 32.2. The fourth-order valence-electron chi connectivity index (χ4n) is 2.31.